The van der Waals surface area contributed by atoms with Gasteiger partial charge in [0.2, 0.25) is 0 Å². The molecule has 3 rings (SSSR count). The van der Waals surface area contributed by atoms with Crippen molar-refractivity contribution >= 4 is 34.9 Å². The summed E-state index contributed by atoms with van der Waals surface area (Å²) in [6.07, 6.45) is -7.72. The van der Waals surface area contributed by atoms with E-state index >= 15 is 0 Å². The number of hydrogen-bond acceptors (Lipinski definition) is 6. The summed E-state index contributed by atoms with van der Waals surface area (Å²) in [6, 6.07) is 2.79. The van der Waals surface area contributed by atoms with Crippen LogP contribution in [0.5, 0.6) is 5.75 Å². The lowest BCUT2D eigenvalue weighted by atomic mass is 10.3. The normalized spacial score (nSPS) is 12.5. The van der Waals surface area contributed by atoms with Crippen LogP contribution in [0.2, 0.25) is 10.0 Å². The number of benzene rings is 1. The first-order chi connectivity index (χ1) is 15.9. The molecule has 182 valence electrons. The maximum Gasteiger partial charge on any atom is 0.461 e. The number of nitrogens with one attached hydrogen (secondary N) is 2. The Morgan fingerprint density at radius 3 is 2.56 bits per heavy atom. The molecule has 0 aliphatic heterocycles. The molecule has 0 spiro atoms. The third kappa shape index (κ3) is 5.56. The van der Waals surface area contributed by atoms with Crippen LogP contribution < -0.4 is 20.9 Å². The number of anilines is 1. The lowest BCUT2D eigenvalue weighted by Crippen LogP contribution is -2.34. The van der Waals surface area contributed by atoms with E-state index in [0.717, 1.165) is 16.8 Å². The van der Waals surface area contributed by atoms with Crippen LogP contribution >= 0.6 is 23.2 Å². The van der Waals surface area contributed by atoms with Crippen molar-refractivity contribution in [2.45, 2.75) is 25.5 Å². The third-order valence-corrected chi connectivity index (χ3v) is 4.85. The number of halogens is 6. The van der Waals surface area contributed by atoms with Crippen LogP contribution in [0, 0.1) is 0 Å². The molecule has 0 radical (unpaired) electrons. The Balaban J connectivity index is 1.77. The van der Waals surface area contributed by atoms with Gasteiger partial charge in [-0.2, -0.15) is 27.3 Å². The summed E-state index contributed by atoms with van der Waals surface area (Å²) in [7, 11) is 1.45. The number of nitrogens with zero attached hydrogens (tertiary/aromatic N) is 5. The molecule has 2 amide bonds. The SMILES string of the molecule is CC(NC(=O)Nc1cc(OC(F)(F)C(F)F)c(Cl)cc1Cl)c1ncnn1-c1ccc(=O)n(C)n1. The van der Waals surface area contributed by atoms with Crippen LogP contribution in [0.15, 0.2) is 35.4 Å². The minimum Gasteiger partial charge on any atom is -0.427 e. The van der Waals surface area contributed by atoms with Gasteiger partial charge in [0.1, 0.15) is 12.1 Å². The minimum atomic E-state index is -4.81. The van der Waals surface area contributed by atoms with E-state index in [1.54, 1.807) is 6.92 Å². The maximum absolute atomic E-state index is 13.3. The summed E-state index contributed by atoms with van der Waals surface area (Å²) in [5, 5.41) is 12.3. The fourth-order valence-electron chi connectivity index (χ4n) is 2.64. The van der Waals surface area contributed by atoms with Crippen LogP contribution in [0.4, 0.5) is 28.0 Å². The summed E-state index contributed by atoms with van der Waals surface area (Å²) in [5.41, 5.74) is -0.581. The highest BCUT2D eigenvalue weighted by molar-refractivity contribution is 6.37. The number of alkyl halides is 4. The number of carbonyl (C=O) groups is 1. The first kappa shape index (κ1) is 25.2. The minimum absolute atomic E-state index is 0.168. The lowest BCUT2D eigenvalue weighted by molar-refractivity contribution is -0.253. The number of aromatic nitrogens is 5. The molecule has 10 nitrogen and oxygen atoms in total. The molecule has 1 unspecified atom stereocenters. The van der Waals surface area contributed by atoms with Gasteiger partial charge >= 0.3 is 18.6 Å². The van der Waals surface area contributed by atoms with E-state index < -0.39 is 35.4 Å². The van der Waals surface area contributed by atoms with E-state index in [4.69, 9.17) is 23.2 Å². The van der Waals surface area contributed by atoms with Crippen molar-refractivity contribution in [3.8, 4) is 11.6 Å². The van der Waals surface area contributed by atoms with Gasteiger partial charge in [0.25, 0.3) is 5.56 Å². The molecule has 3 aromatic rings. The van der Waals surface area contributed by atoms with Gasteiger partial charge in [-0.25, -0.2) is 14.5 Å². The molecule has 2 aromatic heterocycles. The Labute approximate surface area is 198 Å². The van der Waals surface area contributed by atoms with E-state index in [1.165, 1.54) is 30.2 Å². The summed E-state index contributed by atoms with van der Waals surface area (Å²) in [6.45, 7) is 1.56. The van der Waals surface area contributed by atoms with Crippen molar-refractivity contribution < 1.29 is 27.1 Å². The van der Waals surface area contributed by atoms with Gasteiger partial charge in [0.15, 0.2) is 11.6 Å². The van der Waals surface area contributed by atoms with Crippen LogP contribution in [0.3, 0.4) is 0 Å². The van der Waals surface area contributed by atoms with E-state index in [2.05, 4.69) is 30.6 Å². The molecule has 1 aromatic carbocycles. The van der Waals surface area contributed by atoms with Crippen molar-refractivity contribution in [3.63, 3.8) is 0 Å². The summed E-state index contributed by atoms with van der Waals surface area (Å²) in [4.78, 5) is 28.1. The molecule has 2 heterocycles. The molecular formula is C18H15Cl2F4N7O3. The van der Waals surface area contributed by atoms with E-state index in [1.807, 2.05) is 0 Å². The van der Waals surface area contributed by atoms with E-state index in [0.29, 0.717) is 0 Å². The van der Waals surface area contributed by atoms with Gasteiger partial charge in [-0.05, 0) is 19.1 Å². The highest BCUT2D eigenvalue weighted by Crippen LogP contribution is 2.38. The molecule has 0 aliphatic rings. The molecular weight excluding hydrogens is 509 g/mol. The Morgan fingerprint density at radius 2 is 1.91 bits per heavy atom. The summed E-state index contributed by atoms with van der Waals surface area (Å²) in [5.74, 6) is -0.324. The Bertz CT molecular complexity index is 1270. The average molecular weight is 524 g/mol. The van der Waals surface area contributed by atoms with Crippen LogP contribution in [0.1, 0.15) is 18.8 Å². The smallest absolute Gasteiger partial charge is 0.427 e. The Morgan fingerprint density at radius 1 is 1.21 bits per heavy atom. The first-order valence-electron chi connectivity index (χ1n) is 9.25. The Hall–Kier alpha value is -3.39. The largest absolute Gasteiger partial charge is 0.461 e. The molecule has 0 fully saturated rings. The standard InChI is InChI=1S/C18H15Cl2F4N7O3/c1-8(15-25-7-26-31(15)13-3-4-14(32)30(2)29-13)27-17(33)28-11-6-12(10(20)5-9(11)19)34-18(23,24)16(21)22/h3-8,16H,1-2H3,(H2,27,28,33). The fourth-order valence-corrected chi connectivity index (χ4v) is 3.11. The predicted octanol–water partition coefficient (Wildman–Crippen LogP) is 3.79. The number of rotatable bonds is 7. The quantitative estimate of drug-likeness (QED) is 0.455. The first-order valence-corrected chi connectivity index (χ1v) is 10.0. The van der Waals surface area contributed by atoms with Crippen molar-refractivity contribution in [2.75, 3.05) is 5.32 Å². The van der Waals surface area contributed by atoms with Gasteiger partial charge in [-0.3, -0.25) is 4.79 Å². The second-order valence-electron chi connectivity index (χ2n) is 6.73. The van der Waals surface area contributed by atoms with Gasteiger partial charge < -0.3 is 15.4 Å². The lowest BCUT2D eigenvalue weighted by Gasteiger charge is -2.19. The number of carbonyl (C=O) groups excluding carboxylic acids is 1. The zero-order valence-corrected chi connectivity index (χ0v) is 18.8. The Kier molecular flexibility index (Phi) is 7.31. The zero-order valence-electron chi connectivity index (χ0n) is 17.3. The average Bonchev–Trinajstić information content (AvgIpc) is 3.23. The number of amides is 2. The second-order valence-corrected chi connectivity index (χ2v) is 7.55. The van der Waals surface area contributed by atoms with Gasteiger partial charge in [-0.1, -0.05) is 23.2 Å². The third-order valence-electron chi connectivity index (χ3n) is 4.24. The highest BCUT2D eigenvalue weighted by Gasteiger charge is 2.44. The molecule has 0 saturated heterocycles. The maximum atomic E-state index is 13.3. The van der Waals surface area contributed by atoms with Crippen LogP contribution in [0.25, 0.3) is 5.82 Å². The van der Waals surface area contributed by atoms with Gasteiger partial charge in [-0.15, -0.1) is 5.10 Å². The predicted molar refractivity (Wildman–Crippen MR) is 113 cm³/mol. The molecule has 16 heteroatoms. The molecule has 0 aliphatic carbocycles. The molecule has 0 bridgehead atoms. The van der Waals surface area contributed by atoms with Crippen molar-refractivity contribution in [3.05, 3.63) is 56.8 Å². The highest BCUT2D eigenvalue weighted by atomic mass is 35.5. The monoisotopic (exact) mass is 523 g/mol. The van der Waals surface area contributed by atoms with Gasteiger partial charge in [0, 0.05) is 19.2 Å². The van der Waals surface area contributed by atoms with Gasteiger partial charge in [0.05, 0.1) is 21.8 Å². The molecule has 0 saturated carbocycles. The number of ether oxygens (including phenoxy) is 1. The van der Waals surface area contributed by atoms with Crippen molar-refractivity contribution in [1.29, 1.82) is 0 Å². The fraction of sp³-hybridized carbons (Fsp3) is 0.278. The van der Waals surface area contributed by atoms with E-state index in [-0.39, 0.29) is 27.9 Å². The molecule has 2 N–H and O–H groups in total. The van der Waals surface area contributed by atoms with Crippen molar-refractivity contribution in [2.24, 2.45) is 7.05 Å². The molecule has 1 atom stereocenters. The second kappa shape index (κ2) is 9.85. The molecule has 34 heavy (non-hydrogen) atoms. The number of urea groups is 1. The summed E-state index contributed by atoms with van der Waals surface area (Å²) < 4.78 is 57.8. The van der Waals surface area contributed by atoms with Crippen LogP contribution in [-0.4, -0.2) is 43.1 Å². The number of hydrogen-bond donors (Lipinski definition) is 2. The summed E-state index contributed by atoms with van der Waals surface area (Å²) >= 11 is 11.7. The van der Waals surface area contributed by atoms with Crippen molar-refractivity contribution in [1.82, 2.24) is 29.9 Å². The van der Waals surface area contributed by atoms with E-state index in [9.17, 15) is 27.2 Å². The topological polar surface area (TPSA) is 116 Å². The number of aryl methyl sites for hydroxylation is 1. The zero-order chi connectivity index (χ0) is 25.2. The van der Waals surface area contributed by atoms with Crippen LogP contribution in [-0.2, 0) is 7.05 Å².